The summed E-state index contributed by atoms with van der Waals surface area (Å²) in [5, 5.41) is 3.14. The molecule has 0 aromatic carbocycles. The number of rotatable bonds is 5. The number of nitrogens with one attached hydrogen (secondary N) is 1. The van der Waals surface area contributed by atoms with Gasteiger partial charge >= 0.3 is 0 Å². The molecule has 0 radical (unpaired) electrons. The first kappa shape index (κ1) is 13.5. The molecule has 0 aliphatic carbocycles. The summed E-state index contributed by atoms with van der Waals surface area (Å²) in [4.78, 5) is 22.8. The van der Waals surface area contributed by atoms with E-state index >= 15 is 0 Å². The third-order valence-electron chi connectivity index (χ3n) is 1.69. The molecule has 0 saturated carbocycles. The molecule has 17 heavy (non-hydrogen) atoms. The lowest BCUT2D eigenvalue weighted by molar-refractivity contribution is -0.118. The van der Waals surface area contributed by atoms with Gasteiger partial charge in [-0.05, 0) is 5.92 Å². The highest BCUT2D eigenvalue weighted by molar-refractivity contribution is 7.99. The summed E-state index contributed by atoms with van der Waals surface area (Å²) in [7, 11) is 0. The molecule has 1 rings (SSSR count). The molecule has 0 unspecified atom stereocenters. The zero-order chi connectivity index (χ0) is 12.8. The predicted octanol–water partition coefficient (Wildman–Crippen LogP) is -0.0997. The minimum Gasteiger partial charge on any atom is -0.368 e. The maximum atomic E-state index is 11.4. The van der Waals surface area contributed by atoms with Gasteiger partial charge in [0.25, 0.3) is 0 Å². The summed E-state index contributed by atoms with van der Waals surface area (Å²) in [5.74, 6) is 0.703. The Hall–Kier alpha value is -1.57. The molecule has 0 aliphatic rings. The van der Waals surface area contributed by atoms with Crippen molar-refractivity contribution in [1.29, 1.82) is 0 Å². The Kier molecular flexibility index (Phi) is 4.95. The van der Waals surface area contributed by atoms with Gasteiger partial charge < -0.3 is 16.8 Å². The van der Waals surface area contributed by atoms with E-state index in [-0.39, 0.29) is 23.6 Å². The second-order valence-electron chi connectivity index (χ2n) is 3.82. The summed E-state index contributed by atoms with van der Waals surface area (Å²) in [6.45, 7) is 4.71. The number of carbonyl (C=O) groups is 1. The fourth-order valence-corrected chi connectivity index (χ4v) is 1.63. The highest BCUT2D eigenvalue weighted by Crippen LogP contribution is 2.13. The normalized spacial score (nSPS) is 10.5. The van der Waals surface area contributed by atoms with Crippen LogP contribution in [-0.2, 0) is 4.79 Å². The SMILES string of the molecule is CC(C)CNC(=O)CSc1nc(N)nc(N)n1. The van der Waals surface area contributed by atoms with Crippen LogP contribution in [0.5, 0.6) is 0 Å². The molecule has 7 nitrogen and oxygen atoms in total. The van der Waals surface area contributed by atoms with Gasteiger partial charge in [-0.1, -0.05) is 25.6 Å². The molecule has 1 aromatic heterocycles. The average molecular weight is 256 g/mol. The van der Waals surface area contributed by atoms with Crippen molar-refractivity contribution in [1.82, 2.24) is 20.3 Å². The molecular formula is C9H16N6OS. The molecule has 0 fully saturated rings. The van der Waals surface area contributed by atoms with Gasteiger partial charge in [-0.15, -0.1) is 0 Å². The standard InChI is InChI=1S/C9H16N6OS/c1-5(2)3-12-6(16)4-17-9-14-7(10)13-8(11)15-9/h5H,3-4H2,1-2H3,(H,12,16)(H4,10,11,13,14,15). The van der Waals surface area contributed by atoms with Gasteiger partial charge in [0, 0.05) is 6.54 Å². The van der Waals surface area contributed by atoms with Crippen molar-refractivity contribution in [3.05, 3.63) is 0 Å². The Labute approximate surface area is 104 Å². The van der Waals surface area contributed by atoms with Gasteiger partial charge in [-0.25, -0.2) is 0 Å². The number of nitrogen functional groups attached to an aromatic ring is 2. The molecule has 5 N–H and O–H groups in total. The van der Waals surface area contributed by atoms with E-state index in [4.69, 9.17) is 11.5 Å². The molecule has 0 bridgehead atoms. The summed E-state index contributed by atoms with van der Waals surface area (Å²) in [5.41, 5.74) is 10.8. The number of thioether (sulfide) groups is 1. The maximum absolute atomic E-state index is 11.4. The molecule has 1 heterocycles. The van der Waals surface area contributed by atoms with E-state index in [1.165, 1.54) is 11.8 Å². The number of aromatic nitrogens is 3. The lowest BCUT2D eigenvalue weighted by atomic mass is 10.2. The van der Waals surface area contributed by atoms with Crippen LogP contribution in [0.25, 0.3) is 0 Å². The second-order valence-corrected chi connectivity index (χ2v) is 4.76. The molecule has 94 valence electrons. The van der Waals surface area contributed by atoms with E-state index < -0.39 is 0 Å². The van der Waals surface area contributed by atoms with Crippen molar-refractivity contribution < 1.29 is 4.79 Å². The third kappa shape index (κ3) is 5.34. The predicted molar refractivity (Wildman–Crippen MR) is 67.2 cm³/mol. The summed E-state index contributed by atoms with van der Waals surface area (Å²) in [6.07, 6.45) is 0. The quantitative estimate of drug-likeness (QED) is 0.629. The van der Waals surface area contributed by atoms with Crippen LogP contribution in [0.15, 0.2) is 5.16 Å². The van der Waals surface area contributed by atoms with Crippen molar-refractivity contribution >= 4 is 29.6 Å². The fraction of sp³-hybridized carbons (Fsp3) is 0.556. The molecule has 0 atom stereocenters. The lowest BCUT2D eigenvalue weighted by Crippen LogP contribution is -2.28. The number of carbonyl (C=O) groups excluding carboxylic acids is 1. The highest BCUT2D eigenvalue weighted by atomic mass is 32.2. The van der Waals surface area contributed by atoms with Gasteiger partial charge in [0.1, 0.15) is 0 Å². The van der Waals surface area contributed by atoms with Crippen molar-refractivity contribution in [3.8, 4) is 0 Å². The van der Waals surface area contributed by atoms with Crippen molar-refractivity contribution in [3.63, 3.8) is 0 Å². The first-order valence-electron chi connectivity index (χ1n) is 5.14. The monoisotopic (exact) mass is 256 g/mol. The summed E-state index contributed by atoms with van der Waals surface area (Å²) < 4.78 is 0. The van der Waals surface area contributed by atoms with Crippen LogP contribution in [0, 0.1) is 5.92 Å². The number of hydrogen-bond acceptors (Lipinski definition) is 7. The van der Waals surface area contributed by atoms with Crippen molar-refractivity contribution in [2.75, 3.05) is 23.8 Å². The van der Waals surface area contributed by atoms with Crippen LogP contribution in [0.1, 0.15) is 13.8 Å². The van der Waals surface area contributed by atoms with E-state index in [0.717, 1.165) is 0 Å². The first-order chi connectivity index (χ1) is 7.97. The van der Waals surface area contributed by atoms with Crippen LogP contribution in [0.4, 0.5) is 11.9 Å². The van der Waals surface area contributed by atoms with Crippen LogP contribution in [0.2, 0.25) is 0 Å². The topological polar surface area (TPSA) is 120 Å². The second kappa shape index (κ2) is 6.24. The van der Waals surface area contributed by atoms with Crippen LogP contribution >= 0.6 is 11.8 Å². The number of anilines is 2. The zero-order valence-electron chi connectivity index (χ0n) is 9.80. The Balaban J connectivity index is 2.42. The van der Waals surface area contributed by atoms with Crippen LogP contribution < -0.4 is 16.8 Å². The summed E-state index contributed by atoms with van der Waals surface area (Å²) in [6, 6.07) is 0. The van der Waals surface area contributed by atoms with Crippen molar-refractivity contribution in [2.45, 2.75) is 19.0 Å². The highest BCUT2D eigenvalue weighted by Gasteiger charge is 2.07. The van der Waals surface area contributed by atoms with E-state index in [1.54, 1.807) is 0 Å². The van der Waals surface area contributed by atoms with Gasteiger partial charge in [-0.3, -0.25) is 4.79 Å². The smallest absolute Gasteiger partial charge is 0.230 e. The number of nitrogens with two attached hydrogens (primary N) is 2. The van der Waals surface area contributed by atoms with Gasteiger partial charge in [-0.2, -0.15) is 15.0 Å². The first-order valence-corrected chi connectivity index (χ1v) is 6.12. The van der Waals surface area contributed by atoms with E-state index in [1.807, 2.05) is 13.8 Å². The van der Waals surface area contributed by atoms with Gasteiger partial charge in [0.15, 0.2) is 5.16 Å². The Morgan fingerprint density at radius 1 is 1.29 bits per heavy atom. The fourth-order valence-electron chi connectivity index (χ4n) is 0.952. The van der Waals surface area contributed by atoms with Gasteiger partial charge in [0.05, 0.1) is 5.75 Å². The molecule has 8 heteroatoms. The molecule has 1 aromatic rings. The molecule has 0 aliphatic heterocycles. The summed E-state index contributed by atoms with van der Waals surface area (Å²) >= 11 is 1.17. The zero-order valence-corrected chi connectivity index (χ0v) is 10.6. The minimum absolute atomic E-state index is 0.0580. The van der Waals surface area contributed by atoms with E-state index in [9.17, 15) is 4.79 Å². The van der Waals surface area contributed by atoms with E-state index in [0.29, 0.717) is 17.6 Å². The maximum Gasteiger partial charge on any atom is 0.230 e. The molecule has 0 saturated heterocycles. The molecule has 1 amide bonds. The molecule has 0 spiro atoms. The lowest BCUT2D eigenvalue weighted by Gasteiger charge is -2.06. The van der Waals surface area contributed by atoms with Crippen molar-refractivity contribution in [2.24, 2.45) is 5.92 Å². The Morgan fingerprint density at radius 2 is 1.88 bits per heavy atom. The number of nitrogens with zero attached hydrogens (tertiary/aromatic N) is 3. The van der Waals surface area contributed by atoms with Crippen LogP contribution in [-0.4, -0.2) is 33.2 Å². The number of hydrogen-bond donors (Lipinski definition) is 3. The number of amides is 1. The minimum atomic E-state index is -0.0683. The largest absolute Gasteiger partial charge is 0.368 e. The Bertz CT molecular complexity index is 377. The Morgan fingerprint density at radius 3 is 2.41 bits per heavy atom. The van der Waals surface area contributed by atoms with Gasteiger partial charge in [0.2, 0.25) is 17.8 Å². The van der Waals surface area contributed by atoms with Crippen LogP contribution in [0.3, 0.4) is 0 Å². The van der Waals surface area contributed by atoms with E-state index in [2.05, 4.69) is 20.3 Å². The average Bonchev–Trinajstić information content (AvgIpc) is 2.22. The molecular weight excluding hydrogens is 240 g/mol. The third-order valence-corrected chi connectivity index (χ3v) is 2.54.